The van der Waals surface area contributed by atoms with Gasteiger partial charge in [-0.25, -0.2) is 4.98 Å². The predicted octanol–water partition coefficient (Wildman–Crippen LogP) is 4.00. The van der Waals surface area contributed by atoms with Gasteiger partial charge in [-0.2, -0.15) is 5.26 Å². The highest BCUT2D eigenvalue weighted by Crippen LogP contribution is 2.29. The summed E-state index contributed by atoms with van der Waals surface area (Å²) in [5.74, 6) is 0.883. The summed E-state index contributed by atoms with van der Waals surface area (Å²) in [7, 11) is 0. The fourth-order valence-electron chi connectivity index (χ4n) is 1.22. The molecule has 0 saturated carbocycles. The van der Waals surface area contributed by atoms with Gasteiger partial charge in [0, 0.05) is 9.77 Å². The Morgan fingerprint density at radius 3 is 2.88 bits per heavy atom. The van der Waals surface area contributed by atoms with Gasteiger partial charge < -0.3 is 4.74 Å². The number of pyridine rings is 1. The van der Waals surface area contributed by atoms with E-state index in [-0.39, 0.29) is 10.9 Å². The number of halogens is 2. The van der Waals surface area contributed by atoms with E-state index in [0.29, 0.717) is 11.3 Å². The second kappa shape index (κ2) is 5.34. The molecule has 1 heterocycles. The standard InChI is InChI=1S/C12H6ClIN2O/c13-11-8(7-15)4-5-16-12(11)17-10-3-1-2-9(14)6-10/h1-6H. The summed E-state index contributed by atoms with van der Waals surface area (Å²) in [6.45, 7) is 0. The van der Waals surface area contributed by atoms with E-state index in [1.54, 1.807) is 12.1 Å². The van der Waals surface area contributed by atoms with Crippen molar-refractivity contribution >= 4 is 34.2 Å². The van der Waals surface area contributed by atoms with Crippen molar-refractivity contribution in [2.24, 2.45) is 0 Å². The van der Waals surface area contributed by atoms with Crippen molar-refractivity contribution in [3.8, 4) is 17.7 Å². The quantitative estimate of drug-likeness (QED) is 0.764. The van der Waals surface area contributed by atoms with Gasteiger partial charge >= 0.3 is 0 Å². The van der Waals surface area contributed by atoms with E-state index in [9.17, 15) is 0 Å². The van der Waals surface area contributed by atoms with Crippen LogP contribution >= 0.6 is 34.2 Å². The van der Waals surface area contributed by atoms with Gasteiger partial charge in [0.15, 0.2) is 0 Å². The molecule has 5 heteroatoms. The molecule has 84 valence electrons. The third-order valence-electron chi connectivity index (χ3n) is 1.99. The first kappa shape index (κ1) is 12.1. The van der Waals surface area contributed by atoms with Crippen LogP contribution in [0.1, 0.15) is 5.56 Å². The lowest BCUT2D eigenvalue weighted by molar-refractivity contribution is 0.462. The Morgan fingerprint density at radius 1 is 1.35 bits per heavy atom. The summed E-state index contributed by atoms with van der Waals surface area (Å²) in [6, 6.07) is 11.0. The molecule has 0 aliphatic carbocycles. The minimum Gasteiger partial charge on any atom is -0.437 e. The van der Waals surface area contributed by atoms with Gasteiger partial charge in [0.25, 0.3) is 0 Å². The number of nitrogens with zero attached hydrogens (tertiary/aromatic N) is 2. The average molecular weight is 357 g/mol. The number of ether oxygens (including phenoxy) is 1. The Bertz CT molecular complexity index is 595. The van der Waals surface area contributed by atoms with Crippen LogP contribution < -0.4 is 4.74 Å². The maximum absolute atomic E-state index is 8.83. The van der Waals surface area contributed by atoms with Crippen molar-refractivity contribution in [1.29, 1.82) is 5.26 Å². The van der Waals surface area contributed by atoms with Crippen LogP contribution in [0, 0.1) is 14.9 Å². The Hall–Kier alpha value is -1.32. The molecule has 3 nitrogen and oxygen atoms in total. The first-order valence-corrected chi connectivity index (χ1v) is 6.14. The zero-order chi connectivity index (χ0) is 12.3. The van der Waals surface area contributed by atoms with E-state index >= 15 is 0 Å². The maximum atomic E-state index is 8.83. The number of hydrogen-bond acceptors (Lipinski definition) is 3. The Labute approximate surface area is 117 Å². The van der Waals surface area contributed by atoms with Crippen LogP contribution in [0.5, 0.6) is 11.6 Å². The van der Waals surface area contributed by atoms with Crippen LogP contribution in [-0.2, 0) is 0 Å². The predicted molar refractivity (Wildman–Crippen MR) is 73.2 cm³/mol. The van der Waals surface area contributed by atoms with Crippen LogP contribution in [0.2, 0.25) is 5.02 Å². The van der Waals surface area contributed by atoms with Gasteiger partial charge in [-0.3, -0.25) is 0 Å². The fourth-order valence-corrected chi connectivity index (χ4v) is 1.93. The van der Waals surface area contributed by atoms with Crippen molar-refractivity contribution < 1.29 is 4.74 Å². The first-order valence-electron chi connectivity index (χ1n) is 4.69. The number of rotatable bonds is 2. The van der Waals surface area contributed by atoms with Gasteiger partial charge in [0.05, 0.1) is 5.56 Å². The van der Waals surface area contributed by atoms with Gasteiger partial charge in [-0.1, -0.05) is 17.7 Å². The normalized spacial score (nSPS) is 9.71. The Balaban J connectivity index is 2.34. The molecule has 1 aromatic heterocycles. The van der Waals surface area contributed by atoms with Crippen molar-refractivity contribution in [1.82, 2.24) is 4.98 Å². The molecule has 0 N–H and O–H groups in total. The number of aromatic nitrogens is 1. The highest BCUT2D eigenvalue weighted by molar-refractivity contribution is 14.1. The lowest BCUT2D eigenvalue weighted by Gasteiger charge is -2.06. The van der Waals surface area contributed by atoms with Crippen LogP contribution in [-0.4, -0.2) is 4.98 Å². The third kappa shape index (κ3) is 2.87. The lowest BCUT2D eigenvalue weighted by Crippen LogP contribution is -1.91. The van der Waals surface area contributed by atoms with Gasteiger partial charge in [0.1, 0.15) is 16.8 Å². The highest BCUT2D eigenvalue weighted by atomic mass is 127. The molecule has 17 heavy (non-hydrogen) atoms. The van der Waals surface area contributed by atoms with Crippen LogP contribution in [0.3, 0.4) is 0 Å². The molecule has 0 aliphatic rings. The van der Waals surface area contributed by atoms with Crippen molar-refractivity contribution in [3.05, 3.63) is 50.7 Å². The summed E-state index contributed by atoms with van der Waals surface area (Å²) < 4.78 is 6.58. The molecule has 2 rings (SSSR count). The molecule has 0 radical (unpaired) electrons. The summed E-state index contributed by atoms with van der Waals surface area (Å²) in [4.78, 5) is 4.00. The molecule has 0 atom stereocenters. The molecule has 0 unspecified atom stereocenters. The van der Waals surface area contributed by atoms with E-state index in [4.69, 9.17) is 21.6 Å². The Morgan fingerprint density at radius 2 is 2.18 bits per heavy atom. The highest BCUT2D eigenvalue weighted by Gasteiger charge is 2.09. The lowest BCUT2D eigenvalue weighted by atomic mass is 10.3. The van der Waals surface area contributed by atoms with E-state index < -0.39 is 0 Å². The van der Waals surface area contributed by atoms with Gasteiger partial charge in [-0.05, 0) is 46.9 Å². The van der Waals surface area contributed by atoms with E-state index in [1.807, 2.05) is 24.3 Å². The average Bonchev–Trinajstić information content (AvgIpc) is 2.32. The zero-order valence-corrected chi connectivity index (χ0v) is 11.4. The molecule has 0 bridgehead atoms. The molecule has 0 spiro atoms. The maximum Gasteiger partial charge on any atom is 0.239 e. The zero-order valence-electron chi connectivity index (χ0n) is 8.52. The number of benzene rings is 1. The largest absolute Gasteiger partial charge is 0.437 e. The number of nitriles is 1. The second-order valence-electron chi connectivity index (χ2n) is 3.15. The monoisotopic (exact) mass is 356 g/mol. The molecule has 0 fully saturated rings. The van der Waals surface area contributed by atoms with E-state index in [1.165, 1.54) is 6.20 Å². The minimum atomic E-state index is 0.230. The molecule has 1 aromatic carbocycles. The van der Waals surface area contributed by atoms with Crippen LogP contribution in [0.4, 0.5) is 0 Å². The van der Waals surface area contributed by atoms with Gasteiger partial charge in [-0.15, -0.1) is 0 Å². The number of hydrogen-bond donors (Lipinski definition) is 0. The summed E-state index contributed by atoms with van der Waals surface area (Å²) >= 11 is 8.17. The van der Waals surface area contributed by atoms with Crippen molar-refractivity contribution in [2.45, 2.75) is 0 Å². The van der Waals surface area contributed by atoms with E-state index in [2.05, 4.69) is 27.6 Å². The molecule has 0 saturated heterocycles. The van der Waals surface area contributed by atoms with Gasteiger partial charge in [0.2, 0.25) is 5.88 Å². The SMILES string of the molecule is N#Cc1ccnc(Oc2cccc(I)c2)c1Cl. The van der Waals surface area contributed by atoms with Crippen LogP contribution in [0.15, 0.2) is 36.5 Å². The smallest absolute Gasteiger partial charge is 0.239 e. The topological polar surface area (TPSA) is 45.9 Å². The molecule has 2 aromatic rings. The molecular formula is C12H6ClIN2O. The summed E-state index contributed by atoms with van der Waals surface area (Å²) in [5, 5.41) is 9.06. The molecular weight excluding hydrogens is 351 g/mol. The summed E-state index contributed by atoms with van der Waals surface area (Å²) in [6.07, 6.45) is 1.49. The summed E-state index contributed by atoms with van der Waals surface area (Å²) in [5.41, 5.74) is 0.349. The van der Waals surface area contributed by atoms with Crippen LogP contribution in [0.25, 0.3) is 0 Å². The van der Waals surface area contributed by atoms with Crippen molar-refractivity contribution in [2.75, 3.05) is 0 Å². The third-order valence-corrected chi connectivity index (χ3v) is 3.02. The first-order chi connectivity index (χ1) is 8.20. The van der Waals surface area contributed by atoms with E-state index in [0.717, 1.165) is 3.57 Å². The second-order valence-corrected chi connectivity index (χ2v) is 4.77. The molecule has 0 amide bonds. The van der Waals surface area contributed by atoms with Crippen molar-refractivity contribution in [3.63, 3.8) is 0 Å². The molecule has 0 aliphatic heterocycles. The minimum absolute atomic E-state index is 0.230. The Kier molecular flexibility index (Phi) is 3.82. The fraction of sp³-hybridized carbons (Fsp3) is 0.